The molecule has 2 nitrogen and oxygen atoms in total. The molecule has 0 amide bonds. The highest BCUT2D eigenvalue weighted by Crippen LogP contribution is 2.44. The lowest BCUT2D eigenvalue weighted by Crippen LogP contribution is -2.36. The predicted molar refractivity (Wildman–Crippen MR) is 172 cm³/mol. The molecule has 210 valence electrons. The second kappa shape index (κ2) is 13.5. The zero-order valence-corrected chi connectivity index (χ0v) is 25.4. The molecule has 0 radical (unpaired) electrons. The second-order valence-corrected chi connectivity index (χ2v) is 10.9. The summed E-state index contributed by atoms with van der Waals surface area (Å²) < 4.78 is 16.1. The topological polar surface area (TPSA) is 38.0 Å². The number of hydrogen-bond acceptors (Lipinski definition) is 2. The molecule has 3 aromatic carbocycles. The highest BCUT2D eigenvalue weighted by atomic mass is 19.1. The second-order valence-electron chi connectivity index (χ2n) is 10.9. The third-order valence-electron chi connectivity index (χ3n) is 7.92. The number of nitrogens with one attached hydrogen (secondary N) is 1. The Bertz CT molecular complexity index is 1440. The van der Waals surface area contributed by atoms with Crippen LogP contribution in [0.5, 0.6) is 0 Å². The van der Waals surface area contributed by atoms with Crippen LogP contribution >= 0.6 is 0 Å². The molecule has 0 aliphatic rings. The first-order valence-corrected chi connectivity index (χ1v) is 14.1. The van der Waals surface area contributed by atoms with Gasteiger partial charge in [-0.2, -0.15) is 0 Å². The molecule has 0 saturated carbocycles. The van der Waals surface area contributed by atoms with Gasteiger partial charge in [0.15, 0.2) is 0 Å². The zero-order valence-electron chi connectivity index (χ0n) is 25.4. The minimum Gasteiger partial charge on any atom is -0.398 e. The van der Waals surface area contributed by atoms with Crippen LogP contribution in [0.2, 0.25) is 0 Å². The van der Waals surface area contributed by atoms with Crippen LogP contribution in [0.3, 0.4) is 0 Å². The van der Waals surface area contributed by atoms with Gasteiger partial charge in [0.05, 0.1) is 0 Å². The van der Waals surface area contributed by atoms with E-state index in [1.165, 1.54) is 5.56 Å². The van der Waals surface area contributed by atoms with E-state index in [4.69, 9.17) is 5.73 Å². The summed E-state index contributed by atoms with van der Waals surface area (Å²) in [6, 6.07) is 22.8. The first-order valence-electron chi connectivity index (χ1n) is 14.1. The molecule has 3 heteroatoms. The van der Waals surface area contributed by atoms with Crippen LogP contribution in [0, 0.1) is 13.8 Å². The van der Waals surface area contributed by atoms with Gasteiger partial charge in [0.25, 0.3) is 0 Å². The number of hydrogen-bond donors (Lipinski definition) is 2. The third kappa shape index (κ3) is 6.47. The standard InChI is InChI=1S/C37H45FN2/c1-9-15-27(4)36(39)32-18-13-14-19-34(32)37(7,29(6)38)35-28(5)22-25(2)23-31(35)21-20-26(3)33(24-40-8)30-16-11-10-12-17-30/h9-20,22-24,29,40H,21,39H2,1-8H3/b15-9-,26-20-,33-24+,36-27-. The molecule has 2 unspecified atom stereocenters. The molecule has 0 fully saturated rings. The van der Waals surface area contributed by atoms with Crippen molar-refractivity contribution in [3.05, 3.63) is 141 Å². The van der Waals surface area contributed by atoms with Crippen LogP contribution in [0.4, 0.5) is 4.39 Å². The van der Waals surface area contributed by atoms with Crippen molar-refractivity contribution in [2.45, 2.75) is 66.5 Å². The number of aryl methyl sites for hydroxylation is 2. The Morgan fingerprint density at radius 3 is 2.30 bits per heavy atom. The SMILES string of the molecule is C/C=C\C(C)=C(/N)c1ccccc1C(C)(c1c(C)cc(C)cc1C/C=C(C)\C(=C/NC)c1ccccc1)C(C)F. The molecule has 2 atom stereocenters. The van der Waals surface area contributed by atoms with Crippen molar-refractivity contribution in [2.24, 2.45) is 5.73 Å². The summed E-state index contributed by atoms with van der Waals surface area (Å²) in [5.41, 5.74) is 17.1. The van der Waals surface area contributed by atoms with E-state index in [1.807, 2.05) is 76.5 Å². The van der Waals surface area contributed by atoms with Crippen molar-refractivity contribution in [1.29, 1.82) is 0 Å². The maximum absolute atomic E-state index is 16.1. The highest BCUT2D eigenvalue weighted by molar-refractivity contribution is 5.78. The van der Waals surface area contributed by atoms with Gasteiger partial charge in [0, 0.05) is 29.9 Å². The number of nitrogens with two attached hydrogens (primary N) is 1. The Morgan fingerprint density at radius 2 is 1.68 bits per heavy atom. The van der Waals surface area contributed by atoms with E-state index >= 15 is 4.39 Å². The van der Waals surface area contributed by atoms with Crippen LogP contribution in [0.15, 0.2) is 102 Å². The van der Waals surface area contributed by atoms with Gasteiger partial charge in [-0.25, -0.2) is 4.39 Å². The molecule has 0 aliphatic heterocycles. The van der Waals surface area contributed by atoms with Crippen LogP contribution < -0.4 is 11.1 Å². The quantitative estimate of drug-likeness (QED) is 0.254. The summed E-state index contributed by atoms with van der Waals surface area (Å²) in [6.45, 7) is 14.0. The molecule has 0 saturated heterocycles. The molecular formula is C37H45FN2. The van der Waals surface area contributed by atoms with E-state index in [9.17, 15) is 0 Å². The maximum atomic E-state index is 16.1. The Labute approximate surface area is 241 Å². The fourth-order valence-electron chi connectivity index (χ4n) is 5.79. The Balaban J connectivity index is 2.23. The summed E-state index contributed by atoms with van der Waals surface area (Å²) in [5, 5.41) is 3.20. The van der Waals surface area contributed by atoms with Gasteiger partial charge < -0.3 is 11.1 Å². The molecule has 3 aromatic rings. The first-order chi connectivity index (χ1) is 19.1. The number of benzene rings is 3. The maximum Gasteiger partial charge on any atom is 0.111 e. The average Bonchev–Trinajstić information content (AvgIpc) is 2.94. The molecule has 3 N–H and O–H groups in total. The van der Waals surface area contributed by atoms with Crippen LogP contribution in [-0.2, 0) is 11.8 Å². The van der Waals surface area contributed by atoms with Crippen molar-refractivity contribution < 1.29 is 4.39 Å². The summed E-state index contributed by atoms with van der Waals surface area (Å²) in [4.78, 5) is 0. The fourth-order valence-corrected chi connectivity index (χ4v) is 5.79. The molecule has 40 heavy (non-hydrogen) atoms. The van der Waals surface area contributed by atoms with Gasteiger partial charge in [-0.05, 0) is 99.4 Å². The smallest absolute Gasteiger partial charge is 0.111 e. The summed E-state index contributed by atoms with van der Waals surface area (Å²) in [6.07, 6.45) is 7.80. The summed E-state index contributed by atoms with van der Waals surface area (Å²) in [7, 11) is 1.92. The van der Waals surface area contributed by atoms with Gasteiger partial charge in [-0.15, -0.1) is 0 Å². The molecular weight excluding hydrogens is 491 g/mol. The van der Waals surface area contributed by atoms with E-state index < -0.39 is 11.6 Å². The fraction of sp³-hybridized carbons (Fsp3) is 0.297. The summed E-state index contributed by atoms with van der Waals surface area (Å²) in [5.74, 6) is 0. The van der Waals surface area contributed by atoms with E-state index in [0.717, 1.165) is 50.1 Å². The molecule has 3 rings (SSSR count). The normalized spacial score (nSPS) is 15.5. The van der Waals surface area contributed by atoms with Crippen LogP contribution in [-0.4, -0.2) is 13.2 Å². The minimum atomic E-state index is -1.15. The van der Waals surface area contributed by atoms with Gasteiger partial charge >= 0.3 is 0 Å². The van der Waals surface area contributed by atoms with E-state index in [-0.39, 0.29) is 0 Å². The van der Waals surface area contributed by atoms with E-state index in [0.29, 0.717) is 12.1 Å². The Hall–Kier alpha value is -3.85. The van der Waals surface area contributed by atoms with E-state index in [2.05, 4.69) is 68.6 Å². The monoisotopic (exact) mass is 536 g/mol. The number of halogens is 1. The molecule has 0 heterocycles. The van der Waals surface area contributed by atoms with Crippen molar-refractivity contribution >= 4 is 11.3 Å². The minimum absolute atomic E-state index is 0.673. The number of allylic oxidation sites excluding steroid dienone is 6. The molecule has 0 bridgehead atoms. The lowest BCUT2D eigenvalue weighted by Gasteiger charge is -2.37. The molecule has 0 aliphatic carbocycles. The molecule has 0 spiro atoms. The largest absolute Gasteiger partial charge is 0.398 e. The lowest BCUT2D eigenvalue weighted by atomic mass is 9.67. The highest BCUT2D eigenvalue weighted by Gasteiger charge is 2.40. The van der Waals surface area contributed by atoms with Crippen molar-refractivity contribution in [3.8, 4) is 0 Å². The van der Waals surface area contributed by atoms with Crippen molar-refractivity contribution in [1.82, 2.24) is 5.32 Å². The van der Waals surface area contributed by atoms with Gasteiger partial charge in [-0.1, -0.05) is 90.5 Å². The van der Waals surface area contributed by atoms with Crippen molar-refractivity contribution in [2.75, 3.05) is 7.05 Å². The number of alkyl halides is 1. The van der Waals surface area contributed by atoms with Crippen LogP contribution in [0.25, 0.3) is 11.3 Å². The third-order valence-corrected chi connectivity index (χ3v) is 7.92. The van der Waals surface area contributed by atoms with Gasteiger partial charge in [-0.3, -0.25) is 0 Å². The van der Waals surface area contributed by atoms with Gasteiger partial charge in [0.2, 0.25) is 0 Å². The zero-order chi connectivity index (χ0) is 29.4. The lowest BCUT2D eigenvalue weighted by molar-refractivity contribution is 0.253. The van der Waals surface area contributed by atoms with Crippen molar-refractivity contribution in [3.63, 3.8) is 0 Å². The Morgan fingerprint density at radius 1 is 1.02 bits per heavy atom. The number of rotatable bonds is 10. The predicted octanol–water partition coefficient (Wildman–Crippen LogP) is 8.98. The van der Waals surface area contributed by atoms with Gasteiger partial charge in [0.1, 0.15) is 6.17 Å². The van der Waals surface area contributed by atoms with Crippen LogP contribution in [0.1, 0.15) is 73.6 Å². The van der Waals surface area contributed by atoms with E-state index in [1.54, 1.807) is 6.92 Å². The first kappa shape index (κ1) is 30.7. The Kier molecular flexibility index (Phi) is 10.3. The average molecular weight is 537 g/mol. The summed E-state index contributed by atoms with van der Waals surface area (Å²) >= 11 is 0. The molecule has 0 aromatic heterocycles.